The van der Waals surface area contributed by atoms with Gasteiger partial charge in [-0.3, -0.25) is 43.2 Å². The Morgan fingerprint density at radius 3 is 1.05 bits per heavy atom. The number of methoxy groups -OCH3 is 2. The summed E-state index contributed by atoms with van der Waals surface area (Å²) in [5, 5.41) is 3.78. The van der Waals surface area contributed by atoms with Crippen LogP contribution >= 0.6 is 46.1 Å². The molecule has 27 heteroatoms. The van der Waals surface area contributed by atoms with Crippen molar-refractivity contribution < 1.29 is 61.0 Å². The van der Waals surface area contributed by atoms with E-state index < -0.39 is 9.84 Å². The van der Waals surface area contributed by atoms with Crippen molar-refractivity contribution >= 4 is 155 Å². The lowest BCUT2D eigenvalue weighted by Crippen LogP contribution is -2.48. The van der Waals surface area contributed by atoms with Crippen LogP contribution in [0.25, 0.3) is 0 Å². The van der Waals surface area contributed by atoms with Gasteiger partial charge in [0.2, 0.25) is 29.5 Å². The average Bonchev–Trinajstić information content (AvgIpc) is 1.07. The molecular weight excluding hydrogens is 1830 g/mol. The third-order valence-corrected chi connectivity index (χ3v) is 28.7. The molecule has 0 radical (unpaired) electrons. The molecule has 1 aromatic heterocycles. The van der Waals surface area contributed by atoms with Crippen molar-refractivity contribution in [2.75, 3.05) is 72.8 Å². The molecule has 5 aliphatic heterocycles. The van der Waals surface area contributed by atoms with Gasteiger partial charge < -0.3 is 53.6 Å². The number of carbonyl (C=O) groups excluding carboxylic acids is 9. The van der Waals surface area contributed by atoms with E-state index in [2.05, 4.69) is 12.1 Å². The molecule has 0 spiro atoms. The van der Waals surface area contributed by atoms with E-state index in [9.17, 15) is 51.6 Å². The van der Waals surface area contributed by atoms with Crippen LogP contribution in [0.15, 0.2) is 289 Å². The topological polar surface area (TPSA) is 235 Å². The minimum atomic E-state index is -3.35. The molecule has 0 saturated carbocycles. The zero-order valence-corrected chi connectivity index (χ0v) is 82.7. The molecule has 1 fully saturated rings. The van der Waals surface area contributed by atoms with Crippen LogP contribution in [0.2, 0.25) is 15.1 Å². The Kier molecular flexibility index (Phi) is 31.9. The average molecular weight is 1940 g/mol. The van der Waals surface area contributed by atoms with E-state index in [1.54, 1.807) is 127 Å². The minimum absolute atomic E-state index is 0.00151. The van der Waals surface area contributed by atoms with Crippen LogP contribution in [0, 0.1) is 5.92 Å². The summed E-state index contributed by atoms with van der Waals surface area (Å²) in [6, 6.07) is 83.9. The van der Waals surface area contributed by atoms with Gasteiger partial charge in [-0.15, -0.1) is 11.3 Å². The van der Waals surface area contributed by atoms with Gasteiger partial charge in [0, 0.05) is 154 Å². The number of amides is 9. The van der Waals surface area contributed by atoms with Gasteiger partial charge in [0.15, 0.2) is 9.84 Å². The van der Waals surface area contributed by atoms with Crippen molar-refractivity contribution in [3.05, 3.63) is 349 Å². The number of piperidine rings is 1. The molecule has 12 aromatic rings. The molecule has 17 rings (SSSR count). The van der Waals surface area contributed by atoms with Gasteiger partial charge >= 0.3 is 0 Å². The first-order chi connectivity index (χ1) is 65.6. The fraction of sp³-hybridized carbons (Fsp3) is 0.282. The number of likely N-dealkylation sites (tertiary alicyclic amines) is 1. The van der Waals surface area contributed by atoms with Crippen LogP contribution in [-0.2, 0) is 33.8 Å². The Bertz CT molecular complexity index is 6510. The number of thiophene rings is 1. The molecule has 0 bridgehead atoms. The maximum Gasteiger partial charge on any atom is 0.268 e. The predicted molar refractivity (Wildman–Crippen MR) is 547 cm³/mol. The molecule has 6 heterocycles. The van der Waals surface area contributed by atoms with Crippen molar-refractivity contribution in [3.8, 4) is 11.5 Å². The van der Waals surface area contributed by atoms with E-state index in [-0.39, 0.29) is 112 Å². The van der Waals surface area contributed by atoms with Gasteiger partial charge in [-0.2, -0.15) is 0 Å². The summed E-state index contributed by atoms with van der Waals surface area (Å²) < 4.78 is 34.3. The number of hydrogen-bond acceptors (Lipinski definition) is 14. The first-order valence-corrected chi connectivity index (χ1v) is 49.7. The number of benzene rings is 11. The first kappa shape index (κ1) is 99.7. The second kappa shape index (κ2) is 43.8. The quantitative estimate of drug-likeness (QED) is 0.0826. The summed E-state index contributed by atoms with van der Waals surface area (Å²) in [5.41, 5.74) is 12.9. The van der Waals surface area contributed by atoms with Crippen LogP contribution < -0.4 is 48.7 Å². The Labute approximate surface area is 820 Å². The Balaban J connectivity index is 0.000000147. The SMILES string of the molecule is CC(=O)N1CCC(c2ccc(C(=O)N3c4ccccc4[C@H](N(C(C)=O)c4ccc(Cl)cc4)C[C@@H]3C)cc2)CC1.CC(C)C(=O)N(c1ccc(Cl)cc1)[C@@H]1C[C@H](C)N(C(=O)c2cccs2)c2ccccc21.COc1ccc(C(=O)N2c3ccccc3[C@H](N(C(C)=O)c3ccc(S(C)(=O)=O)cc3)C[C@@H]2C)cc1.COc1cccc(C(=O)N2c3ccccc3[C@H](N(C(C)=O)c3ccc(Cl)cc3)C[C@@H]2C)c1. The van der Waals surface area contributed by atoms with Gasteiger partial charge in [0.1, 0.15) is 11.5 Å². The minimum Gasteiger partial charge on any atom is -0.497 e. The number of halogens is 3. The van der Waals surface area contributed by atoms with Crippen LogP contribution in [0.4, 0.5) is 45.5 Å². The molecule has 0 aliphatic carbocycles. The summed E-state index contributed by atoms with van der Waals surface area (Å²) in [5.74, 6) is 1.16. The second-order valence-corrected chi connectivity index (χ2v) is 39.7. The van der Waals surface area contributed by atoms with E-state index in [0.717, 1.165) is 94.3 Å². The highest BCUT2D eigenvalue weighted by Crippen LogP contribution is 2.49. The number of para-hydroxylation sites is 4. The smallest absolute Gasteiger partial charge is 0.268 e. The number of rotatable bonds is 17. The van der Waals surface area contributed by atoms with Crippen molar-refractivity contribution in [1.82, 2.24) is 4.90 Å². The lowest BCUT2D eigenvalue weighted by atomic mass is 9.88. The summed E-state index contributed by atoms with van der Waals surface area (Å²) in [6.45, 7) is 19.7. The van der Waals surface area contributed by atoms with Gasteiger partial charge in [-0.05, 0) is 287 Å². The molecule has 8 atom stereocenters. The molecule has 0 N–H and O–H groups in total. The van der Waals surface area contributed by atoms with E-state index in [4.69, 9.17) is 44.3 Å². The van der Waals surface area contributed by atoms with E-state index in [0.29, 0.717) is 85.4 Å². The Morgan fingerprint density at radius 1 is 0.380 bits per heavy atom. The van der Waals surface area contributed by atoms with Gasteiger partial charge in [-0.25, -0.2) is 8.42 Å². The number of anilines is 8. The Hall–Kier alpha value is -13.2. The van der Waals surface area contributed by atoms with Crippen LogP contribution in [-0.4, -0.2) is 124 Å². The fourth-order valence-corrected chi connectivity index (χ4v) is 21.0. The monoisotopic (exact) mass is 1940 g/mol. The van der Waals surface area contributed by atoms with E-state index in [1.165, 1.54) is 36.0 Å². The van der Waals surface area contributed by atoms with Crippen LogP contribution in [0.3, 0.4) is 0 Å². The lowest BCUT2D eigenvalue weighted by Gasteiger charge is -2.44. The molecule has 11 aromatic carbocycles. The normalized spacial score (nSPS) is 18.1. The largest absolute Gasteiger partial charge is 0.497 e. The highest BCUT2D eigenvalue weighted by molar-refractivity contribution is 7.90. The van der Waals surface area contributed by atoms with E-state index >= 15 is 0 Å². The molecule has 0 unspecified atom stereocenters. The molecule has 137 heavy (non-hydrogen) atoms. The number of nitrogens with zero attached hydrogens (tertiary/aromatic N) is 9. The standard InChI is InChI=1S/C32H34ClN3O3.C27H28N2O5S.C26H25ClN2O3.C25H25ClN2O2S/c1-21-20-31(36(23(3)38)28-14-12-27(33)13-15-28)29-6-4-5-7-30(29)35(21)32(39)26-10-8-24(9-11-26)25-16-18-34(19-17-25)22(2)37;1-18-17-26(29(19(2)30)21-11-15-23(16-12-21)35(4,32)33)24-7-5-6-8-25(24)28(18)27(31)20-9-13-22(34-3)14-10-20;1-17-15-25(29(18(2)30)21-13-11-20(27)12-14-21)23-9-4-5-10-24(23)28(17)26(31)19-7-6-8-22(16-19)32-3;1-16(2)24(29)28(19-12-10-18(26)11-13-19)22-15-17(3)27(21-8-5-4-7-20(21)22)25(30)23-9-6-14-31-23/h4-15,21,25,31H,16-20H2,1-3H3;5-16,18,26H,17H2,1-4H3;4-14,16-17,25H,15H2,1-3H3;4-14,16-17,22H,15H2,1-3H3/t21-,31+;18-,26+;17-,25+;17-,22+/m0000/s1. The second-order valence-electron chi connectivity index (χ2n) is 35.4. The first-order valence-electron chi connectivity index (χ1n) is 45.8. The van der Waals surface area contributed by atoms with Crippen LogP contribution in [0.5, 0.6) is 11.5 Å². The molecule has 5 aliphatic rings. The van der Waals surface area contributed by atoms with Gasteiger partial charge in [-0.1, -0.05) is 146 Å². The third kappa shape index (κ3) is 22.2. The molecular formula is C110H112Cl3N9O13S2. The Morgan fingerprint density at radius 2 is 0.715 bits per heavy atom. The van der Waals surface area contributed by atoms with Crippen molar-refractivity contribution in [2.24, 2.45) is 5.92 Å². The predicted octanol–water partition coefficient (Wildman–Crippen LogP) is 23.7. The summed E-state index contributed by atoms with van der Waals surface area (Å²) in [7, 11) is -0.189. The number of fused-ring (bicyclic) bond motifs is 4. The molecule has 708 valence electrons. The number of carbonyl (C=O) groups is 9. The van der Waals surface area contributed by atoms with Gasteiger partial charge in [0.25, 0.3) is 23.6 Å². The molecule has 22 nitrogen and oxygen atoms in total. The van der Waals surface area contributed by atoms with Crippen molar-refractivity contribution in [3.63, 3.8) is 0 Å². The third-order valence-electron chi connectivity index (χ3n) is 25.9. The zero-order chi connectivity index (χ0) is 98.0. The summed E-state index contributed by atoms with van der Waals surface area (Å²) in [6.07, 6.45) is 5.41. The number of hydrogen-bond donors (Lipinski definition) is 0. The van der Waals surface area contributed by atoms with Crippen molar-refractivity contribution in [2.45, 2.75) is 167 Å². The molecule has 9 amide bonds. The zero-order valence-electron chi connectivity index (χ0n) is 78.8. The number of sulfone groups is 1. The fourth-order valence-electron chi connectivity index (χ4n) is 19.3. The maximum absolute atomic E-state index is 13.9. The summed E-state index contributed by atoms with van der Waals surface area (Å²) in [4.78, 5) is 135. The summed E-state index contributed by atoms with van der Waals surface area (Å²) >= 11 is 19.7. The van der Waals surface area contributed by atoms with Crippen LogP contribution in [0.1, 0.15) is 206 Å². The number of ether oxygens (including phenoxy) is 2. The van der Waals surface area contributed by atoms with E-state index in [1.807, 2.05) is 253 Å². The highest BCUT2D eigenvalue weighted by atomic mass is 35.5. The molecule has 1 saturated heterocycles. The van der Waals surface area contributed by atoms with Gasteiger partial charge in [0.05, 0.1) is 48.2 Å². The highest BCUT2D eigenvalue weighted by Gasteiger charge is 2.44. The van der Waals surface area contributed by atoms with Crippen molar-refractivity contribution in [1.29, 1.82) is 0 Å². The lowest BCUT2D eigenvalue weighted by molar-refractivity contribution is -0.130. The maximum atomic E-state index is 13.9.